The Hall–Kier alpha value is -1.43. The molecule has 3 heterocycles. The molecule has 5 nitrogen and oxygen atoms in total. The normalized spacial score (nSPS) is 23.9. The molecule has 1 fully saturated rings. The van der Waals surface area contributed by atoms with Gasteiger partial charge in [-0.15, -0.1) is 0 Å². The zero-order chi connectivity index (χ0) is 16.8. The maximum absolute atomic E-state index is 12.3. The van der Waals surface area contributed by atoms with E-state index < -0.39 is 0 Å². The Kier molecular flexibility index (Phi) is 4.11. The van der Waals surface area contributed by atoms with E-state index in [0.29, 0.717) is 23.2 Å². The van der Waals surface area contributed by atoms with E-state index in [0.717, 1.165) is 47.3 Å². The molecule has 0 aliphatic carbocycles. The molecule has 0 saturated carbocycles. The van der Waals surface area contributed by atoms with Crippen LogP contribution in [-0.2, 0) is 16.0 Å². The summed E-state index contributed by atoms with van der Waals surface area (Å²) >= 11 is 12.8. The van der Waals surface area contributed by atoms with E-state index in [1.807, 2.05) is 13.0 Å². The second kappa shape index (κ2) is 6.14. The summed E-state index contributed by atoms with van der Waals surface area (Å²) in [6, 6.07) is 2.10. The molecule has 1 saturated heterocycles. The highest BCUT2D eigenvalue weighted by Crippen LogP contribution is 2.42. The molecule has 0 spiro atoms. The average molecular weight is 368 g/mol. The number of ether oxygens (including phenoxy) is 1. The largest absolute Gasteiger partial charge is 0.379 e. The van der Waals surface area contributed by atoms with Crippen molar-refractivity contribution in [3.63, 3.8) is 0 Å². The van der Waals surface area contributed by atoms with E-state index in [1.165, 1.54) is 0 Å². The highest BCUT2D eigenvalue weighted by molar-refractivity contribution is 6.45. The van der Waals surface area contributed by atoms with Crippen molar-refractivity contribution in [2.24, 2.45) is 0 Å². The minimum atomic E-state index is -0.242. The second-order valence-electron chi connectivity index (χ2n) is 6.45. The number of aromatic amines is 1. The van der Waals surface area contributed by atoms with E-state index >= 15 is 0 Å². The van der Waals surface area contributed by atoms with Gasteiger partial charge in [-0.3, -0.25) is 4.79 Å². The summed E-state index contributed by atoms with van der Waals surface area (Å²) in [5.41, 5.74) is 3.77. The van der Waals surface area contributed by atoms with Crippen LogP contribution in [0.3, 0.4) is 0 Å². The third kappa shape index (κ3) is 2.55. The molecule has 1 amide bonds. The molecule has 2 atom stereocenters. The number of benzene rings is 1. The lowest BCUT2D eigenvalue weighted by Gasteiger charge is -2.17. The Bertz CT molecular complexity index is 812. The Morgan fingerprint density at radius 3 is 2.96 bits per heavy atom. The molecule has 0 radical (unpaired) electrons. The number of amides is 1. The van der Waals surface area contributed by atoms with Crippen molar-refractivity contribution in [1.82, 2.24) is 10.3 Å². The molecule has 1 aromatic heterocycles. The van der Waals surface area contributed by atoms with Crippen LogP contribution in [0.15, 0.2) is 6.07 Å². The van der Waals surface area contributed by atoms with Crippen LogP contribution >= 0.6 is 23.2 Å². The minimum Gasteiger partial charge on any atom is -0.379 e. The van der Waals surface area contributed by atoms with Crippen LogP contribution in [0.4, 0.5) is 5.69 Å². The van der Waals surface area contributed by atoms with Gasteiger partial charge in [0, 0.05) is 36.3 Å². The SMILES string of the molecule is CC1C(=O)NCCc2[nH]c3c(Cl)c(Cl)cc(NC4CCOC4)c3c21. The summed E-state index contributed by atoms with van der Waals surface area (Å²) in [5.74, 6) is -0.204. The van der Waals surface area contributed by atoms with Crippen LogP contribution < -0.4 is 10.6 Å². The van der Waals surface area contributed by atoms with Gasteiger partial charge in [0.05, 0.1) is 34.1 Å². The fourth-order valence-electron chi connectivity index (χ4n) is 3.64. The smallest absolute Gasteiger partial charge is 0.227 e. The predicted octanol–water partition coefficient (Wildman–Crippen LogP) is 3.45. The standard InChI is InChI=1S/C17H19Cl2N3O2/c1-8-13-11(2-4-20-17(8)23)22-16-14(13)12(6-10(18)15(16)19)21-9-3-5-24-7-9/h6,8-9,21-22H,2-5,7H2,1H3,(H,20,23). The van der Waals surface area contributed by atoms with E-state index in [9.17, 15) is 4.79 Å². The number of nitrogens with one attached hydrogen (secondary N) is 3. The molecule has 2 aliphatic heterocycles. The lowest BCUT2D eigenvalue weighted by molar-refractivity contribution is -0.121. The van der Waals surface area contributed by atoms with Gasteiger partial charge in [-0.1, -0.05) is 23.2 Å². The van der Waals surface area contributed by atoms with Gasteiger partial charge in [-0.25, -0.2) is 0 Å². The number of carbonyl (C=O) groups excluding carboxylic acids is 1. The van der Waals surface area contributed by atoms with E-state index in [1.54, 1.807) is 0 Å². The maximum Gasteiger partial charge on any atom is 0.227 e. The van der Waals surface area contributed by atoms with Crippen LogP contribution in [-0.4, -0.2) is 36.7 Å². The van der Waals surface area contributed by atoms with Crippen molar-refractivity contribution in [2.45, 2.75) is 31.7 Å². The Balaban J connectivity index is 1.92. The van der Waals surface area contributed by atoms with Crippen molar-refractivity contribution < 1.29 is 9.53 Å². The molecule has 7 heteroatoms. The fraction of sp³-hybridized carbons (Fsp3) is 0.471. The summed E-state index contributed by atoms with van der Waals surface area (Å²) in [7, 11) is 0. The first-order chi connectivity index (χ1) is 11.6. The van der Waals surface area contributed by atoms with Crippen molar-refractivity contribution >= 4 is 45.7 Å². The van der Waals surface area contributed by atoms with Gasteiger partial charge in [-0.05, 0) is 25.0 Å². The quantitative estimate of drug-likeness (QED) is 0.761. The Morgan fingerprint density at radius 2 is 2.21 bits per heavy atom. The van der Waals surface area contributed by atoms with Crippen molar-refractivity contribution in [3.8, 4) is 0 Å². The lowest BCUT2D eigenvalue weighted by atomic mass is 9.96. The van der Waals surface area contributed by atoms with Gasteiger partial charge in [0.15, 0.2) is 0 Å². The average Bonchev–Trinajstić information content (AvgIpc) is 3.16. The zero-order valence-electron chi connectivity index (χ0n) is 13.3. The number of carbonyl (C=O) groups is 1. The fourth-order valence-corrected chi connectivity index (χ4v) is 4.04. The van der Waals surface area contributed by atoms with Crippen LogP contribution in [0.2, 0.25) is 10.0 Å². The van der Waals surface area contributed by atoms with Crippen LogP contribution in [0, 0.1) is 0 Å². The molecular formula is C17H19Cl2N3O2. The van der Waals surface area contributed by atoms with Crippen LogP contribution in [0.1, 0.15) is 30.5 Å². The molecule has 2 aliphatic rings. The number of H-pyrrole nitrogens is 1. The number of fused-ring (bicyclic) bond motifs is 3. The van der Waals surface area contributed by atoms with Crippen LogP contribution in [0.25, 0.3) is 10.9 Å². The molecule has 3 N–H and O–H groups in total. The van der Waals surface area contributed by atoms with Gasteiger partial charge in [0.1, 0.15) is 0 Å². The van der Waals surface area contributed by atoms with E-state index in [4.69, 9.17) is 27.9 Å². The molecule has 0 bridgehead atoms. The van der Waals surface area contributed by atoms with Gasteiger partial charge < -0.3 is 20.4 Å². The molecule has 128 valence electrons. The third-order valence-electron chi connectivity index (χ3n) is 4.88. The minimum absolute atomic E-state index is 0.0378. The third-order valence-corrected chi connectivity index (χ3v) is 5.67. The zero-order valence-corrected chi connectivity index (χ0v) is 14.9. The molecule has 4 rings (SSSR count). The Morgan fingerprint density at radius 1 is 1.38 bits per heavy atom. The lowest BCUT2D eigenvalue weighted by Crippen LogP contribution is -2.27. The first-order valence-electron chi connectivity index (χ1n) is 8.20. The first kappa shape index (κ1) is 16.1. The highest BCUT2D eigenvalue weighted by Gasteiger charge is 2.29. The van der Waals surface area contributed by atoms with Gasteiger partial charge >= 0.3 is 0 Å². The molecular weight excluding hydrogens is 349 g/mol. The monoisotopic (exact) mass is 367 g/mol. The topological polar surface area (TPSA) is 66.2 Å². The molecule has 1 aromatic carbocycles. The highest BCUT2D eigenvalue weighted by atomic mass is 35.5. The van der Waals surface area contributed by atoms with E-state index in [2.05, 4.69) is 15.6 Å². The summed E-state index contributed by atoms with van der Waals surface area (Å²) in [6.07, 6.45) is 1.70. The molecule has 2 unspecified atom stereocenters. The number of halogens is 2. The summed E-state index contributed by atoms with van der Waals surface area (Å²) < 4.78 is 5.45. The maximum atomic E-state index is 12.3. The number of aromatic nitrogens is 1. The molecule has 24 heavy (non-hydrogen) atoms. The van der Waals surface area contributed by atoms with Gasteiger partial charge in [0.25, 0.3) is 0 Å². The summed E-state index contributed by atoms with van der Waals surface area (Å²) in [4.78, 5) is 15.7. The first-order valence-corrected chi connectivity index (χ1v) is 8.96. The van der Waals surface area contributed by atoms with Crippen LogP contribution in [0.5, 0.6) is 0 Å². The van der Waals surface area contributed by atoms with Crippen molar-refractivity contribution in [3.05, 3.63) is 27.4 Å². The molecule has 2 aromatic rings. The number of hydrogen-bond acceptors (Lipinski definition) is 3. The summed E-state index contributed by atoms with van der Waals surface area (Å²) in [6.45, 7) is 3.97. The van der Waals surface area contributed by atoms with E-state index in [-0.39, 0.29) is 17.9 Å². The van der Waals surface area contributed by atoms with Gasteiger partial charge in [-0.2, -0.15) is 0 Å². The van der Waals surface area contributed by atoms with Crippen molar-refractivity contribution in [1.29, 1.82) is 0 Å². The Labute approximate surface area is 150 Å². The predicted molar refractivity (Wildman–Crippen MR) is 96.3 cm³/mol. The summed E-state index contributed by atoms with van der Waals surface area (Å²) in [5, 5.41) is 8.44. The number of hydrogen-bond donors (Lipinski definition) is 3. The van der Waals surface area contributed by atoms with Gasteiger partial charge in [0.2, 0.25) is 5.91 Å². The number of anilines is 1. The van der Waals surface area contributed by atoms with Crippen molar-refractivity contribution in [2.75, 3.05) is 25.1 Å². The number of rotatable bonds is 2. The second-order valence-corrected chi connectivity index (χ2v) is 7.24.